The van der Waals surface area contributed by atoms with Gasteiger partial charge in [0.2, 0.25) is 15.9 Å². The molecule has 3 N–H and O–H groups in total. The maximum Gasteiger partial charge on any atom is 0.248 e. The number of hydrogen-bond acceptors (Lipinski definition) is 3. The summed E-state index contributed by atoms with van der Waals surface area (Å²) in [5.74, 6) is 5.02. The van der Waals surface area contributed by atoms with E-state index in [1.165, 1.54) is 12.1 Å². The summed E-state index contributed by atoms with van der Waals surface area (Å²) in [5, 5.41) is 0. The van der Waals surface area contributed by atoms with Gasteiger partial charge < -0.3 is 5.73 Å². The molecule has 2 aromatic carbocycles. The van der Waals surface area contributed by atoms with Crippen molar-refractivity contribution in [2.45, 2.75) is 4.90 Å². The number of amides is 1. The van der Waals surface area contributed by atoms with Gasteiger partial charge in [-0.15, -0.1) is 0 Å². The Morgan fingerprint density at radius 3 is 2.26 bits per heavy atom. The van der Waals surface area contributed by atoms with E-state index in [9.17, 15) is 13.2 Å². The molecule has 0 unspecified atom stereocenters. The van der Waals surface area contributed by atoms with Crippen LogP contribution in [0.5, 0.6) is 0 Å². The molecule has 0 radical (unpaired) electrons. The average Bonchev–Trinajstić information content (AvgIpc) is 2.52. The number of carbonyl (C=O) groups is 1. The van der Waals surface area contributed by atoms with Gasteiger partial charge in [-0.1, -0.05) is 27.8 Å². The molecule has 7 heteroatoms. The highest BCUT2D eigenvalue weighted by Crippen LogP contribution is 2.14. The van der Waals surface area contributed by atoms with Crippen LogP contribution in [-0.4, -0.2) is 20.9 Å². The molecule has 118 valence electrons. The third-order valence-corrected chi connectivity index (χ3v) is 4.82. The van der Waals surface area contributed by atoms with Crippen molar-refractivity contribution in [3.05, 3.63) is 64.1 Å². The SMILES string of the molecule is NC(=O)c1ccc(C#CCNS(=O)(=O)c2ccc(Br)cc2)cc1. The third-order valence-electron chi connectivity index (χ3n) is 2.88. The molecule has 2 rings (SSSR count). The molecule has 0 aliphatic heterocycles. The van der Waals surface area contributed by atoms with E-state index in [-0.39, 0.29) is 11.4 Å². The van der Waals surface area contributed by atoms with Crippen LogP contribution in [0.15, 0.2) is 57.9 Å². The van der Waals surface area contributed by atoms with E-state index in [2.05, 4.69) is 32.5 Å². The smallest absolute Gasteiger partial charge is 0.248 e. The molecule has 5 nitrogen and oxygen atoms in total. The molecule has 0 saturated carbocycles. The van der Waals surface area contributed by atoms with Gasteiger partial charge in [-0.25, -0.2) is 8.42 Å². The Bertz CT molecular complexity index is 864. The number of rotatable bonds is 4. The van der Waals surface area contributed by atoms with Crippen LogP contribution in [0, 0.1) is 11.8 Å². The standard InChI is InChI=1S/C16H13BrN2O3S/c17-14-7-9-15(10-8-14)23(21,22)19-11-1-2-12-3-5-13(6-4-12)16(18)20/h3-10,19H,11H2,(H2,18,20). The first-order valence-electron chi connectivity index (χ1n) is 6.52. The fourth-order valence-corrected chi connectivity index (χ4v) is 2.88. The Kier molecular flexibility index (Phi) is 5.55. The molecule has 0 aliphatic carbocycles. The highest BCUT2D eigenvalue weighted by Gasteiger charge is 2.11. The zero-order valence-electron chi connectivity index (χ0n) is 11.9. The summed E-state index contributed by atoms with van der Waals surface area (Å²) in [7, 11) is -3.58. The number of nitrogens with one attached hydrogen (secondary N) is 1. The molecule has 2 aromatic rings. The Morgan fingerprint density at radius 2 is 1.70 bits per heavy atom. The third kappa shape index (κ3) is 4.93. The lowest BCUT2D eigenvalue weighted by Gasteiger charge is -2.03. The predicted octanol–water partition coefficient (Wildman–Crippen LogP) is 1.88. The second kappa shape index (κ2) is 7.42. The molecule has 23 heavy (non-hydrogen) atoms. The van der Waals surface area contributed by atoms with E-state index in [1.54, 1.807) is 36.4 Å². The van der Waals surface area contributed by atoms with Crippen molar-refractivity contribution < 1.29 is 13.2 Å². The Hall–Kier alpha value is -2.14. The lowest BCUT2D eigenvalue weighted by Crippen LogP contribution is -2.23. The molecule has 0 bridgehead atoms. The quantitative estimate of drug-likeness (QED) is 0.778. The van der Waals surface area contributed by atoms with Crippen molar-refractivity contribution >= 4 is 31.9 Å². The van der Waals surface area contributed by atoms with Gasteiger partial charge >= 0.3 is 0 Å². The lowest BCUT2D eigenvalue weighted by molar-refractivity contribution is 0.100. The average molecular weight is 393 g/mol. The minimum atomic E-state index is -3.58. The Morgan fingerprint density at radius 1 is 1.09 bits per heavy atom. The lowest BCUT2D eigenvalue weighted by atomic mass is 10.1. The van der Waals surface area contributed by atoms with Gasteiger partial charge in [0, 0.05) is 15.6 Å². The van der Waals surface area contributed by atoms with Crippen molar-refractivity contribution in [3.8, 4) is 11.8 Å². The zero-order valence-corrected chi connectivity index (χ0v) is 14.3. The first-order chi connectivity index (χ1) is 10.9. The van der Waals surface area contributed by atoms with Crippen LogP contribution in [0.1, 0.15) is 15.9 Å². The summed E-state index contributed by atoms with van der Waals surface area (Å²) in [6.07, 6.45) is 0. The van der Waals surface area contributed by atoms with Crippen LogP contribution in [0.2, 0.25) is 0 Å². The first-order valence-corrected chi connectivity index (χ1v) is 8.80. The van der Waals surface area contributed by atoms with Crippen LogP contribution in [0.4, 0.5) is 0 Å². The van der Waals surface area contributed by atoms with E-state index in [0.717, 1.165) is 4.47 Å². The molecule has 1 amide bonds. The van der Waals surface area contributed by atoms with Crippen molar-refractivity contribution in [2.75, 3.05) is 6.54 Å². The van der Waals surface area contributed by atoms with Crippen LogP contribution >= 0.6 is 15.9 Å². The number of hydrogen-bond donors (Lipinski definition) is 2. The highest BCUT2D eigenvalue weighted by molar-refractivity contribution is 9.10. The largest absolute Gasteiger partial charge is 0.366 e. The fourth-order valence-electron chi connectivity index (χ4n) is 1.69. The van der Waals surface area contributed by atoms with Crippen LogP contribution in [-0.2, 0) is 10.0 Å². The van der Waals surface area contributed by atoms with Crippen LogP contribution in [0.3, 0.4) is 0 Å². The summed E-state index contributed by atoms with van der Waals surface area (Å²) in [5.41, 5.74) is 6.20. The summed E-state index contributed by atoms with van der Waals surface area (Å²) >= 11 is 3.25. The number of nitrogens with two attached hydrogens (primary N) is 1. The minimum Gasteiger partial charge on any atom is -0.366 e. The van der Waals surface area contributed by atoms with Gasteiger partial charge in [0.25, 0.3) is 0 Å². The molecule has 0 aromatic heterocycles. The maximum absolute atomic E-state index is 12.0. The molecule has 0 atom stereocenters. The Balaban J connectivity index is 1.99. The molecule has 0 fully saturated rings. The molecular weight excluding hydrogens is 380 g/mol. The normalized spacial score (nSPS) is 10.7. The van der Waals surface area contributed by atoms with E-state index >= 15 is 0 Å². The van der Waals surface area contributed by atoms with E-state index in [1.807, 2.05) is 0 Å². The van der Waals surface area contributed by atoms with Gasteiger partial charge in [0.15, 0.2) is 0 Å². The first kappa shape index (κ1) is 17.2. The maximum atomic E-state index is 12.0. The molecule has 0 aliphatic rings. The topological polar surface area (TPSA) is 89.3 Å². The predicted molar refractivity (Wildman–Crippen MR) is 91.2 cm³/mol. The number of carbonyl (C=O) groups excluding carboxylic acids is 1. The number of halogens is 1. The van der Waals surface area contributed by atoms with Crippen molar-refractivity contribution in [2.24, 2.45) is 5.73 Å². The molecular formula is C16H13BrN2O3S. The van der Waals surface area contributed by atoms with Crippen LogP contribution in [0.25, 0.3) is 0 Å². The highest BCUT2D eigenvalue weighted by atomic mass is 79.9. The molecule has 0 saturated heterocycles. The summed E-state index contributed by atoms with van der Waals surface area (Å²) in [6.45, 7) is -0.0179. The van der Waals surface area contributed by atoms with Crippen LogP contribution < -0.4 is 10.5 Å². The number of benzene rings is 2. The van der Waals surface area contributed by atoms with Crippen molar-refractivity contribution in [1.82, 2.24) is 4.72 Å². The summed E-state index contributed by atoms with van der Waals surface area (Å²) in [6, 6.07) is 12.7. The summed E-state index contributed by atoms with van der Waals surface area (Å²) < 4.78 is 27.3. The van der Waals surface area contributed by atoms with E-state index in [4.69, 9.17) is 5.73 Å². The summed E-state index contributed by atoms with van der Waals surface area (Å²) in [4.78, 5) is 11.1. The van der Waals surface area contributed by atoms with Gasteiger partial charge in [-0.05, 0) is 48.5 Å². The van der Waals surface area contributed by atoms with Crippen molar-refractivity contribution in [3.63, 3.8) is 0 Å². The van der Waals surface area contributed by atoms with E-state index in [0.29, 0.717) is 11.1 Å². The molecule has 0 spiro atoms. The second-order valence-corrected chi connectivity index (χ2v) is 7.20. The van der Waals surface area contributed by atoms with E-state index < -0.39 is 15.9 Å². The minimum absolute atomic E-state index is 0.0179. The van der Waals surface area contributed by atoms with Crippen molar-refractivity contribution in [1.29, 1.82) is 0 Å². The monoisotopic (exact) mass is 392 g/mol. The number of sulfonamides is 1. The molecule has 0 heterocycles. The van der Waals surface area contributed by atoms with Gasteiger partial charge in [-0.3, -0.25) is 4.79 Å². The number of primary amides is 1. The van der Waals surface area contributed by atoms with Gasteiger partial charge in [0.05, 0.1) is 11.4 Å². The van der Waals surface area contributed by atoms with Gasteiger partial charge in [0.1, 0.15) is 0 Å². The second-order valence-electron chi connectivity index (χ2n) is 4.52. The zero-order chi connectivity index (χ0) is 16.9. The van der Waals surface area contributed by atoms with Gasteiger partial charge in [-0.2, -0.15) is 4.72 Å². The Labute approximate surface area is 143 Å². The fraction of sp³-hybridized carbons (Fsp3) is 0.0625.